The average Bonchev–Trinajstić information content (AvgIpc) is 2.99. The Morgan fingerprint density at radius 2 is 2.31 bits per heavy atom. The topological polar surface area (TPSA) is 60.2 Å². The Morgan fingerprint density at radius 1 is 1.44 bits per heavy atom. The van der Waals surface area contributed by atoms with Crippen LogP contribution in [0.2, 0.25) is 0 Å². The minimum Gasteiger partial charge on any atom is -0.381 e. The van der Waals surface area contributed by atoms with Crippen LogP contribution >= 0.6 is 0 Å². The first-order chi connectivity index (χ1) is 7.88. The average molecular weight is 225 g/mol. The lowest BCUT2D eigenvalue weighted by Gasteiger charge is -1.97. The van der Waals surface area contributed by atoms with E-state index in [1.165, 1.54) is 12.8 Å². The van der Waals surface area contributed by atoms with Crippen LogP contribution in [0.25, 0.3) is 0 Å². The fourth-order valence-electron chi connectivity index (χ4n) is 1.47. The summed E-state index contributed by atoms with van der Waals surface area (Å²) in [6.45, 7) is 4.30. The summed E-state index contributed by atoms with van der Waals surface area (Å²) in [5.74, 6) is 1.47. The largest absolute Gasteiger partial charge is 0.381 e. The SMILES string of the molecule is CCOCCc1noc(CCNC2CC2)n1. The summed E-state index contributed by atoms with van der Waals surface area (Å²) >= 11 is 0. The van der Waals surface area contributed by atoms with Crippen molar-refractivity contribution in [2.45, 2.75) is 38.6 Å². The van der Waals surface area contributed by atoms with E-state index in [0.29, 0.717) is 6.61 Å². The molecule has 0 saturated heterocycles. The van der Waals surface area contributed by atoms with E-state index in [1.807, 2.05) is 6.92 Å². The number of rotatable bonds is 8. The van der Waals surface area contributed by atoms with Crippen LogP contribution < -0.4 is 5.32 Å². The van der Waals surface area contributed by atoms with Crippen molar-refractivity contribution in [1.29, 1.82) is 0 Å². The van der Waals surface area contributed by atoms with Crippen molar-refractivity contribution < 1.29 is 9.26 Å². The van der Waals surface area contributed by atoms with Crippen molar-refractivity contribution in [3.05, 3.63) is 11.7 Å². The molecule has 1 heterocycles. The monoisotopic (exact) mass is 225 g/mol. The van der Waals surface area contributed by atoms with Gasteiger partial charge in [0.05, 0.1) is 6.61 Å². The molecule has 5 heteroatoms. The van der Waals surface area contributed by atoms with Gasteiger partial charge in [-0.15, -0.1) is 0 Å². The molecule has 0 radical (unpaired) electrons. The van der Waals surface area contributed by atoms with E-state index in [9.17, 15) is 0 Å². The molecule has 2 rings (SSSR count). The molecule has 1 aromatic heterocycles. The molecule has 0 aromatic carbocycles. The second kappa shape index (κ2) is 5.96. The molecule has 0 aliphatic heterocycles. The minimum atomic E-state index is 0.662. The maximum atomic E-state index is 5.23. The third kappa shape index (κ3) is 3.90. The Bertz CT molecular complexity index is 310. The first-order valence-corrected chi connectivity index (χ1v) is 6.01. The lowest BCUT2D eigenvalue weighted by Crippen LogP contribution is -2.19. The molecule has 0 spiro atoms. The minimum absolute atomic E-state index is 0.662. The summed E-state index contributed by atoms with van der Waals surface area (Å²) in [5.41, 5.74) is 0. The van der Waals surface area contributed by atoms with E-state index in [-0.39, 0.29) is 0 Å². The van der Waals surface area contributed by atoms with Crippen LogP contribution in [0.15, 0.2) is 4.52 Å². The van der Waals surface area contributed by atoms with Crippen molar-refractivity contribution >= 4 is 0 Å². The second-order valence-electron chi connectivity index (χ2n) is 4.03. The summed E-state index contributed by atoms with van der Waals surface area (Å²) in [7, 11) is 0. The number of nitrogens with zero attached hydrogens (tertiary/aromatic N) is 2. The number of ether oxygens (including phenoxy) is 1. The molecule has 1 aliphatic carbocycles. The Balaban J connectivity index is 1.64. The predicted octanol–water partition coefficient (Wildman–Crippen LogP) is 0.943. The fraction of sp³-hybridized carbons (Fsp3) is 0.818. The van der Waals surface area contributed by atoms with Gasteiger partial charge in [-0.25, -0.2) is 0 Å². The maximum absolute atomic E-state index is 5.23. The van der Waals surface area contributed by atoms with Crippen molar-refractivity contribution in [3.63, 3.8) is 0 Å². The Kier molecular flexibility index (Phi) is 4.30. The van der Waals surface area contributed by atoms with Crippen LogP contribution in [0.1, 0.15) is 31.5 Å². The highest BCUT2D eigenvalue weighted by Gasteiger charge is 2.20. The smallest absolute Gasteiger partial charge is 0.227 e. The lowest BCUT2D eigenvalue weighted by molar-refractivity contribution is 0.149. The zero-order chi connectivity index (χ0) is 11.2. The third-order valence-corrected chi connectivity index (χ3v) is 2.53. The van der Waals surface area contributed by atoms with E-state index in [1.54, 1.807) is 0 Å². The Labute approximate surface area is 95.6 Å². The van der Waals surface area contributed by atoms with Crippen LogP contribution in [0.4, 0.5) is 0 Å². The molecule has 90 valence electrons. The van der Waals surface area contributed by atoms with E-state index in [0.717, 1.165) is 43.8 Å². The number of nitrogens with one attached hydrogen (secondary N) is 1. The van der Waals surface area contributed by atoms with E-state index in [2.05, 4.69) is 15.5 Å². The van der Waals surface area contributed by atoms with Gasteiger partial charge in [-0.2, -0.15) is 4.98 Å². The molecular weight excluding hydrogens is 206 g/mol. The van der Waals surface area contributed by atoms with Gasteiger partial charge in [-0.05, 0) is 19.8 Å². The molecule has 1 aliphatic rings. The summed E-state index contributed by atoms with van der Waals surface area (Å²) in [6, 6.07) is 0.736. The molecule has 1 fully saturated rings. The quantitative estimate of drug-likeness (QED) is 0.667. The molecular formula is C11H19N3O2. The van der Waals surface area contributed by atoms with Gasteiger partial charge in [0.15, 0.2) is 5.82 Å². The highest BCUT2D eigenvalue weighted by atomic mass is 16.5. The Morgan fingerprint density at radius 3 is 3.06 bits per heavy atom. The van der Waals surface area contributed by atoms with E-state index in [4.69, 9.17) is 9.26 Å². The van der Waals surface area contributed by atoms with Gasteiger partial charge in [0.25, 0.3) is 0 Å². The number of aromatic nitrogens is 2. The van der Waals surface area contributed by atoms with Gasteiger partial charge in [-0.1, -0.05) is 5.16 Å². The van der Waals surface area contributed by atoms with Crippen LogP contribution in [-0.2, 0) is 17.6 Å². The van der Waals surface area contributed by atoms with Crippen molar-refractivity contribution in [2.75, 3.05) is 19.8 Å². The predicted molar refractivity (Wildman–Crippen MR) is 59.2 cm³/mol. The van der Waals surface area contributed by atoms with Gasteiger partial charge >= 0.3 is 0 Å². The van der Waals surface area contributed by atoms with Crippen molar-refractivity contribution in [2.24, 2.45) is 0 Å². The zero-order valence-electron chi connectivity index (χ0n) is 9.74. The highest BCUT2D eigenvalue weighted by molar-refractivity contribution is 4.88. The van der Waals surface area contributed by atoms with E-state index < -0.39 is 0 Å². The molecule has 0 atom stereocenters. The molecule has 1 saturated carbocycles. The van der Waals surface area contributed by atoms with Crippen molar-refractivity contribution in [3.8, 4) is 0 Å². The molecule has 16 heavy (non-hydrogen) atoms. The van der Waals surface area contributed by atoms with Crippen LogP contribution in [0.5, 0.6) is 0 Å². The highest BCUT2D eigenvalue weighted by Crippen LogP contribution is 2.18. The summed E-state index contributed by atoms with van der Waals surface area (Å²) in [4.78, 5) is 4.30. The normalized spacial score (nSPS) is 15.6. The Hall–Kier alpha value is -0.940. The first kappa shape index (κ1) is 11.5. The van der Waals surface area contributed by atoms with Gasteiger partial charge in [-0.3, -0.25) is 0 Å². The molecule has 1 aromatic rings. The lowest BCUT2D eigenvalue weighted by atomic mass is 10.4. The van der Waals surface area contributed by atoms with Crippen LogP contribution in [0, 0.1) is 0 Å². The van der Waals surface area contributed by atoms with Crippen molar-refractivity contribution in [1.82, 2.24) is 15.5 Å². The van der Waals surface area contributed by atoms with Crippen LogP contribution in [-0.4, -0.2) is 35.9 Å². The van der Waals surface area contributed by atoms with Gasteiger partial charge in [0, 0.05) is 32.0 Å². The molecule has 0 amide bonds. The molecule has 0 unspecified atom stereocenters. The summed E-state index contributed by atoms with van der Waals surface area (Å²) < 4.78 is 10.4. The van der Waals surface area contributed by atoms with Gasteiger partial charge < -0.3 is 14.6 Å². The zero-order valence-corrected chi connectivity index (χ0v) is 9.74. The van der Waals surface area contributed by atoms with E-state index >= 15 is 0 Å². The second-order valence-corrected chi connectivity index (χ2v) is 4.03. The summed E-state index contributed by atoms with van der Waals surface area (Å²) in [6.07, 6.45) is 4.17. The number of hydrogen-bond acceptors (Lipinski definition) is 5. The van der Waals surface area contributed by atoms with Gasteiger partial charge in [0.2, 0.25) is 5.89 Å². The molecule has 0 bridgehead atoms. The van der Waals surface area contributed by atoms with Crippen LogP contribution in [0.3, 0.4) is 0 Å². The fourth-order valence-corrected chi connectivity index (χ4v) is 1.47. The first-order valence-electron chi connectivity index (χ1n) is 6.01. The molecule has 5 nitrogen and oxygen atoms in total. The maximum Gasteiger partial charge on any atom is 0.227 e. The van der Waals surface area contributed by atoms with Gasteiger partial charge in [0.1, 0.15) is 0 Å². The third-order valence-electron chi connectivity index (χ3n) is 2.53. The number of hydrogen-bond donors (Lipinski definition) is 1. The standard InChI is InChI=1S/C11H19N3O2/c1-2-15-8-6-10-13-11(16-14-10)5-7-12-9-3-4-9/h9,12H,2-8H2,1H3. The molecule has 1 N–H and O–H groups in total. The summed E-state index contributed by atoms with van der Waals surface area (Å²) in [5, 5.41) is 7.32.